The highest BCUT2D eigenvalue weighted by molar-refractivity contribution is 4.90. The molecule has 4 nitrogen and oxygen atoms in total. The number of aliphatic hydroxyl groups excluding tert-OH is 1. The first-order chi connectivity index (χ1) is 8.23. The van der Waals surface area contributed by atoms with E-state index < -0.39 is 5.60 Å². The molecule has 0 amide bonds. The summed E-state index contributed by atoms with van der Waals surface area (Å²) >= 11 is 0. The molecular weight excluding hydrogens is 216 g/mol. The fourth-order valence-electron chi connectivity index (χ4n) is 3.23. The molecule has 2 aliphatic rings. The zero-order valence-electron chi connectivity index (χ0n) is 10.7. The summed E-state index contributed by atoms with van der Waals surface area (Å²) in [6, 6.07) is 0.487. The van der Waals surface area contributed by atoms with Crippen LogP contribution in [0.15, 0.2) is 0 Å². The predicted octanol–water partition coefficient (Wildman–Crippen LogP) is 0.338. The smallest absolute Gasteiger partial charge is 0.0774 e. The zero-order chi connectivity index (χ0) is 12.1. The first-order valence-corrected chi connectivity index (χ1v) is 7.01. The van der Waals surface area contributed by atoms with Crippen molar-refractivity contribution in [3.63, 3.8) is 0 Å². The van der Waals surface area contributed by atoms with Crippen LogP contribution in [0.2, 0.25) is 0 Å². The number of rotatable bonds is 5. The fourth-order valence-corrected chi connectivity index (χ4v) is 3.23. The SMILES string of the molecule is OCCN(CC1(O)CCCC1)C1CCCNC1. The van der Waals surface area contributed by atoms with Gasteiger partial charge in [-0.2, -0.15) is 0 Å². The normalized spacial score (nSPS) is 28.8. The van der Waals surface area contributed by atoms with Gasteiger partial charge in [0.05, 0.1) is 12.2 Å². The fraction of sp³-hybridized carbons (Fsp3) is 1.00. The van der Waals surface area contributed by atoms with Crippen LogP contribution in [0.25, 0.3) is 0 Å². The van der Waals surface area contributed by atoms with E-state index in [1.807, 2.05) is 0 Å². The van der Waals surface area contributed by atoms with Crippen LogP contribution in [-0.2, 0) is 0 Å². The van der Waals surface area contributed by atoms with E-state index in [2.05, 4.69) is 10.2 Å². The van der Waals surface area contributed by atoms with Crippen LogP contribution in [0.4, 0.5) is 0 Å². The molecule has 0 radical (unpaired) electrons. The van der Waals surface area contributed by atoms with E-state index in [0.29, 0.717) is 12.6 Å². The van der Waals surface area contributed by atoms with Gasteiger partial charge < -0.3 is 15.5 Å². The molecule has 1 aliphatic carbocycles. The van der Waals surface area contributed by atoms with Gasteiger partial charge in [0.1, 0.15) is 0 Å². The van der Waals surface area contributed by atoms with E-state index in [1.54, 1.807) is 0 Å². The van der Waals surface area contributed by atoms with Gasteiger partial charge in [-0.15, -0.1) is 0 Å². The van der Waals surface area contributed by atoms with Crippen LogP contribution >= 0.6 is 0 Å². The maximum Gasteiger partial charge on any atom is 0.0774 e. The quantitative estimate of drug-likeness (QED) is 0.651. The van der Waals surface area contributed by atoms with Gasteiger partial charge in [-0.3, -0.25) is 4.90 Å². The Balaban J connectivity index is 1.90. The van der Waals surface area contributed by atoms with Crippen LogP contribution in [0.1, 0.15) is 38.5 Å². The van der Waals surface area contributed by atoms with Crippen molar-refractivity contribution in [1.29, 1.82) is 0 Å². The highest BCUT2D eigenvalue weighted by Gasteiger charge is 2.35. The van der Waals surface area contributed by atoms with Crippen LogP contribution in [0.5, 0.6) is 0 Å². The molecular formula is C13H26N2O2. The first-order valence-electron chi connectivity index (χ1n) is 7.01. The summed E-state index contributed by atoms with van der Waals surface area (Å²) in [7, 11) is 0. The van der Waals surface area contributed by atoms with Gasteiger partial charge in [-0.05, 0) is 32.2 Å². The van der Waals surface area contributed by atoms with Crippen LogP contribution in [0, 0.1) is 0 Å². The lowest BCUT2D eigenvalue weighted by atomic mass is 9.98. The summed E-state index contributed by atoms with van der Waals surface area (Å²) in [4.78, 5) is 2.29. The largest absolute Gasteiger partial charge is 0.395 e. The molecule has 1 saturated heterocycles. The molecule has 2 fully saturated rings. The molecule has 0 aromatic rings. The lowest BCUT2D eigenvalue weighted by molar-refractivity contribution is -0.0114. The van der Waals surface area contributed by atoms with Gasteiger partial charge in [0.2, 0.25) is 0 Å². The average Bonchev–Trinajstić information content (AvgIpc) is 2.77. The van der Waals surface area contributed by atoms with Gasteiger partial charge in [0.15, 0.2) is 0 Å². The molecule has 0 aromatic heterocycles. The lowest BCUT2D eigenvalue weighted by Gasteiger charge is -2.38. The second kappa shape index (κ2) is 6.14. The van der Waals surface area contributed by atoms with Crippen molar-refractivity contribution in [3.05, 3.63) is 0 Å². The monoisotopic (exact) mass is 242 g/mol. The topological polar surface area (TPSA) is 55.7 Å². The first kappa shape index (κ1) is 13.3. The number of nitrogens with one attached hydrogen (secondary N) is 1. The third-order valence-corrected chi connectivity index (χ3v) is 4.21. The van der Waals surface area contributed by atoms with E-state index in [9.17, 15) is 10.2 Å². The van der Waals surface area contributed by atoms with E-state index in [0.717, 1.165) is 45.3 Å². The Morgan fingerprint density at radius 3 is 2.59 bits per heavy atom. The Kier molecular flexibility index (Phi) is 4.79. The second-order valence-electron chi connectivity index (χ2n) is 5.63. The number of aliphatic hydroxyl groups is 2. The molecule has 0 aromatic carbocycles. The Labute approximate surface area is 104 Å². The maximum atomic E-state index is 10.5. The molecule has 0 spiro atoms. The Morgan fingerprint density at radius 2 is 2.00 bits per heavy atom. The lowest BCUT2D eigenvalue weighted by Crippen LogP contribution is -2.52. The zero-order valence-corrected chi connectivity index (χ0v) is 10.7. The van der Waals surface area contributed by atoms with Crippen molar-refractivity contribution < 1.29 is 10.2 Å². The summed E-state index contributed by atoms with van der Waals surface area (Å²) < 4.78 is 0. The molecule has 100 valence electrons. The molecule has 4 heteroatoms. The van der Waals surface area contributed by atoms with Crippen molar-refractivity contribution in [2.45, 2.75) is 50.2 Å². The molecule has 1 saturated carbocycles. The number of nitrogens with zero attached hydrogens (tertiary/aromatic N) is 1. The molecule has 1 aliphatic heterocycles. The highest BCUT2D eigenvalue weighted by atomic mass is 16.3. The van der Waals surface area contributed by atoms with Gasteiger partial charge >= 0.3 is 0 Å². The van der Waals surface area contributed by atoms with E-state index in [-0.39, 0.29) is 6.61 Å². The van der Waals surface area contributed by atoms with Crippen molar-refractivity contribution in [1.82, 2.24) is 10.2 Å². The summed E-state index contributed by atoms with van der Waals surface area (Å²) in [5, 5.41) is 23.1. The standard InChI is InChI=1S/C13H26N2O2/c16-9-8-15(12-4-3-7-14-10-12)11-13(17)5-1-2-6-13/h12,14,16-17H,1-11H2. The van der Waals surface area contributed by atoms with E-state index in [4.69, 9.17) is 0 Å². The minimum Gasteiger partial charge on any atom is -0.395 e. The van der Waals surface area contributed by atoms with Crippen LogP contribution < -0.4 is 5.32 Å². The van der Waals surface area contributed by atoms with Gasteiger partial charge in [-0.25, -0.2) is 0 Å². The molecule has 2 rings (SSSR count). The van der Waals surface area contributed by atoms with Crippen molar-refractivity contribution in [3.8, 4) is 0 Å². The average molecular weight is 242 g/mol. The minimum absolute atomic E-state index is 0.187. The molecule has 17 heavy (non-hydrogen) atoms. The second-order valence-corrected chi connectivity index (χ2v) is 5.63. The molecule has 1 heterocycles. The Bertz CT molecular complexity index is 223. The summed E-state index contributed by atoms with van der Waals surface area (Å²) in [6.07, 6.45) is 6.52. The van der Waals surface area contributed by atoms with Crippen LogP contribution in [-0.4, -0.2) is 59.5 Å². The number of piperidine rings is 1. The van der Waals surface area contributed by atoms with Crippen LogP contribution in [0.3, 0.4) is 0 Å². The van der Waals surface area contributed by atoms with Crippen molar-refractivity contribution >= 4 is 0 Å². The summed E-state index contributed by atoms with van der Waals surface area (Å²) in [6.45, 7) is 3.71. The molecule has 0 bridgehead atoms. The van der Waals surface area contributed by atoms with Gasteiger partial charge in [-0.1, -0.05) is 12.8 Å². The predicted molar refractivity (Wildman–Crippen MR) is 68.0 cm³/mol. The third kappa shape index (κ3) is 3.65. The van der Waals surface area contributed by atoms with E-state index in [1.165, 1.54) is 12.8 Å². The van der Waals surface area contributed by atoms with Gasteiger partial charge in [0, 0.05) is 25.7 Å². The minimum atomic E-state index is -0.493. The van der Waals surface area contributed by atoms with E-state index >= 15 is 0 Å². The molecule has 3 N–H and O–H groups in total. The van der Waals surface area contributed by atoms with Crippen molar-refractivity contribution in [2.75, 3.05) is 32.8 Å². The summed E-state index contributed by atoms with van der Waals surface area (Å²) in [5.41, 5.74) is -0.493. The third-order valence-electron chi connectivity index (χ3n) is 4.21. The maximum absolute atomic E-state index is 10.5. The Morgan fingerprint density at radius 1 is 1.24 bits per heavy atom. The van der Waals surface area contributed by atoms with Crippen molar-refractivity contribution in [2.24, 2.45) is 0 Å². The number of hydrogen-bond acceptors (Lipinski definition) is 4. The molecule has 1 atom stereocenters. The highest BCUT2D eigenvalue weighted by Crippen LogP contribution is 2.31. The van der Waals surface area contributed by atoms with Gasteiger partial charge in [0.25, 0.3) is 0 Å². The number of hydrogen-bond donors (Lipinski definition) is 3. The molecule has 1 unspecified atom stereocenters. The Hall–Kier alpha value is -0.160. The summed E-state index contributed by atoms with van der Waals surface area (Å²) in [5.74, 6) is 0.